The Morgan fingerprint density at radius 2 is 1.92 bits per heavy atom. The highest BCUT2D eigenvalue weighted by Gasteiger charge is 2.38. The van der Waals surface area contributed by atoms with E-state index in [2.05, 4.69) is 5.32 Å². The summed E-state index contributed by atoms with van der Waals surface area (Å²) in [6.07, 6.45) is 0.421. The SMILES string of the molecule is COc1ccccc1N1CCC(C(=O)Nc2ccc(F)cc2)C1=O. The van der Waals surface area contributed by atoms with Crippen LogP contribution in [0.15, 0.2) is 48.5 Å². The van der Waals surface area contributed by atoms with Crippen molar-refractivity contribution in [3.63, 3.8) is 0 Å². The zero-order chi connectivity index (χ0) is 17.1. The third kappa shape index (κ3) is 3.08. The summed E-state index contributed by atoms with van der Waals surface area (Å²) < 4.78 is 18.2. The van der Waals surface area contributed by atoms with Crippen LogP contribution in [0.4, 0.5) is 15.8 Å². The molecule has 1 saturated heterocycles. The summed E-state index contributed by atoms with van der Waals surface area (Å²) in [6, 6.07) is 12.6. The molecule has 0 aliphatic carbocycles. The molecule has 0 radical (unpaired) electrons. The van der Waals surface area contributed by atoms with Crippen LogP contribution in [0.5, 0.6) is 5.75 Å². The number of amides is 2. The van der Waals surface area contributed by atoms with Gasteiger partial charge in [-0.25, -0.2) is 4.39 Å². The fourth-order valence-electron chi connectivity index (χ4n) is 2.78. The molecule has 1 atom stereocenters. The molecule has 2 aromatic rings. The number of carbonyl (C=O) groups excluding carboxylic acids is 2. The molecule has 0 saturated carbocycles. The van der Waals surface area contributed by atoms with Crippen LogP contribution >= 0.6 is 0 Å². The summed E-state index contributed by atoms with van der Waals surface area (Å²) in [5, 5.41) is 2.66. The van der Waals surface area contributed by atoms with Gasteiger partial charge in [0.1, 0.15) is 17.5 Å². The summed E-state index contributed by atoms with van der Waals surface area (Å²) in [5.74, 6) is -1.21. The molecule has 3 rings (SSSR count). The van der Waals surface area contributed by atoms with Crippen LogP contribution in [-0.4, -0.2) is 25.5 Å². The van der Waals surface area contributed by atoms with Crippen molar-refractivity contribution in [1.29, 1.82) is 0 Å². The molecule has 0 bridgehead atoms. The molecule has 1 aliphatic heterocycles. The number of benzene rings is 2. The highest BCUT2D eigenvalue weighted by Crippen LogP contribution is 2.33. The van der Waals surface area contributed by atoms with Crippen LogP contribution in [-0.2, 0) is 9.59 Å². The third-order valence-electron chi connectivity index (χ3n) is 4.01. The van der Waals surface area contributed by atoms with E-state index in [0.29, 0.717) is 30.1 Å². The maximum Gasteiger partial charge on any atom is 0.239 e. The second-order valence-electron chi connectivity index (χ2n) is 5.50. The molecule has 2 amide bonds. The molecule has 0 aromatic heterocycles. The number of ether oxygens (including phenoxy) is 1. The molecule has 1 fully saturated rings. The summed E-state index contributed by atoms with van der Waals surface area (Å²) in [5.41, 5.74) is 1.12. The minimum Gasteiger partial charge on any atom is -0.495 e. The zero-order valence-corrected chi connectivity index (χ0v) is 13.2. The first kappa shape index (κ1) is 16.0. The van der Waals surface area contributed by atoms with Gasteiger partial charge in [-0.05, 0) is 42.8 Å². The summed E-state index contributed by atoms with van der Waals surface area (Å²) in [6.45, 7) is 0.445. The molecule has 1 heterocycles. The van der Waals surface area contributed by atoms with Gasteiger partial charge in [-0.1, -0.05) is 12.1 Å². The number of para-hydroxylation sites is 2. The number of hydrogen-bond donors (Lipinski definition) is 1. The van der Waals surface area contributed by atoms with Crippen LogP contribution in [0.2, 0.25) is 0 Å². The first-order valence-electron chi connectivity index (χ1n) is 7.61. The Labute approximate surface area is 139 Å². The smallest absolute Gasteiger partial charge is 0.239 e. The molecule has 2 aromatic carbocycles. The molecule has 1 unspecified atom stereocenters. The lowest BCUT2D eigenvalue weighted by Crippen LogP contribution is -2.33. The number of methoxy groups -OCH3 is 1. The van der Waals surface area contributed by atoms with Crippen molar-refractivity contribution in [2.75, 3.05) is 23.9 Å². The van der Waals surface area contributed by atoms with Crippen molar-refractivity contribution in [3.05, 3.63) is 54.3 Å². The van der Waals surface area contributed by atoms with Crippen molar-refractivity contribution in [3.8, 4) is 5.75 Å². The van der Waals surface area contributed by atoms with E-state index in [1.807, 2.05) is 12.1 Å². The molecular formula is C18H17FN2O3. The van der Waals surface area contributed by atoms with Crippen molar-refractivity contribution in [2.45, 2.75) is 6.42 Å². The third-order valence-corrected chi connectivity index (χ3v) is 4.01. The average molecular weight is 328 g/mol. The predicted molar refractivity (Wildman–Crippen MR) is 88.5 cm³/mol. The lowest BCUT2D eigenvalue weighted by Gasteiger charge is -2.19. The summed E-state index contributed by atoms with van der Waals surface area (Å²) in [4.78, 5) is 26.5. The van der Waals surface area contributed by atoms with Gasteiger partial charge >= 0.3 is 0 Å². The number of carbonyl (C=O) groups is 2. The minimum absolute atomic E-state index is 0.265. The Morgan fingerprint density at radius 1 is 1.21 bits per heavy atom. The maximum absolute atomic E-state index is 12.9. The lowest BCUT2D eigenvalue weighted by atomic mass is 10.1. The molecule has 6 heteroatoms. The average Bonchev–Trinajstić information content (AvgIpc) is 2.98. The van der Waals surface area contributed by atoms with Gasteiger partial charge in [-0.15, -0.1) is 0 Å². The minimum atomic E-state index is -0.764. The van der Waals surface area contributed by atoms with Crippen molar-refractivity contribution >= 4 is 23.2 Å². The molecule has 1 aliphatic rings. The highest BCUT2D eigenvalue weighted by atomic mass is 19.1. The number of nitrogens with zero attached hydrogens (tertiary/aromatic N) is 1. The van der Waals surface area contributed by atoms with Gasteiger partial charge in [0.15, 0.2) is 0 Å². The molecule has 124 valence electrons. The van der Waals surface area contributed by atoms with Gasteiger partial charge in [0, 0.05) is 12.2 Å². The fourth-order valence-corrected chi connectivity index (χ4v) is 2.78. The van der Waals surface area contributed by atoms with E-state index < -0.39 is 5.92 Å². The lowest BCUT2D eigenvalue weighted by molar-refractivity contribution is -0.129. The predicted octanol–water partition coefficient (Wildman–Crippen LogP) is 2.83. The normalized spacial score (nSPS) is 17.0. The van der Waals surface area contributed by atoms with E-state index in [4.69, 9.17) is 4.74 Å². The van der Waals surface area contributed by atoms with Gasteiger partial charge in [-0.2, -0.15) is 0 Å². The van der Waals surface area contributed by atoms with Crippen molar-refractivity contribution in [1.82, 2.24) is 0 Å². The number of rotatable bonds is 4. The number of hydrogen-bond acceptors (Lipinski definition) is 3. The van der Waals surface area contributed by atoms with Gasteiger partial charge in [0.2, 0.25) is 11.8 Å². The van der Waals surface area contributed by atoms with Crippen molar-refractivity contribution in [2.24, 2.45) is 5.92 Å². The molecule has 24 heavy (non-hydrogen) atoms. The van der Waals surface area contributed by atoms with E-state index in [1.165, 1.54) is 31.4 Å². The fraction of sp³-hybridized carbons (Fsp3) is 0.222. The van der Waals surface area contributed by atoms with Crippen LogP contribution < -0.4 is 15.0 Å². The van der Waals surface area contributed by atoms with Gasteiger partial charge < -0.3 is 15.0 Å². The number of nitrogens with one attached hydrogen (secondary N) is 1. The first-order valence-corrected chi connectivity index (χ1v) is 7.61. The van der Waals surface area contributed by atoms with Crippen molar-refractivity contribution < 1.29 is 18.7 Å². The number of halogens is 1. The Morgan fingerprint density at radius 3 is 2.62 bits per heavy atom. The van der Waals surface area contributed by atoms with Gasteiger partial charge in [0.25, 0.3) is 0 Å². The molecule has 1 N–H and O–H groups in total. The second-order valence-corrected chi connectivity index (χ2v) is 5.50. The zero-order valence-electron chi connectivity index (χ0n) is 13.2. The van der Waals surface area contributed by atoms with E-state index in [9.17, 15) is 14.0 Å². The van der Waals surface area contributed by atoms with Crippen LogP contribution in [0.1, 0.15) is 6.42 Å². The van der Waals surface area contributed by atoms with Gasteiger partial charge in [-0.3, -0.25) is 9.59 Å². The Kier molecular flexibility index (Phi) is 4.46. The molecular weight excluding hydrogens is 311 g/mol. The Balaban J connectivity index is 1.73. The summed E-state index contributed by atoms with van der Waals surface area (Å²) in [7, 11) is 1.54. The van der Waals surface area contributed by atoms with E-state index in [0.717, 1.165) is 0 Å². The molecule has 5 nitrogen and oxygen atoms in total. The highest BCUT2D eigenvalue weighted by molar-refractivity contribution is 6.13. The quantitative estimate of drug-likeness (QED) is 0.878. The second kappa shape index (κ2) is 6.70. The van der Waals surface area contributed by atoms with Crippen LogP contribution in [0.3, 0.4) is 0 Å². The van der Waals surface area contributed by atoms with E-state index in [-0.39, 0.29) is 17.6 Å². The first-order chi connectivity index (χ1) is 11.6. The van der Waals surface area contributed by atoms with Crippen LogP contribution in [0, 0.1) is 11.7 Å². The Hall–Kier alpha value is -2.89. The Bertz CT molecular complexity index is 761. The largest absolute Gasteiger partial charge is 0.495 e. The van der Waals surface area contributed by atoms with Crippen LogP contribution in [0.25, 0.3) is 0 Å². The van der Waals surface area contributed by atoms with E-state index >= 15 is 0 Å². The monoisotopic (exact) mass is 328 g/mol. The standard InChI is InChI=1S/C18H17FN2O3/c1-24-16-5-3-2-4-15(16)21-11-10-14(18(21)23)17(22)20-13-8-6-12(19)7-9-13/h2-9,14H,10-11H2,1H3,(H,20,22). The number of anilines is 2. The maximum atomic E-state index is 12.9. The topological polar surface area (TPSA) is 58.6 Å². The van der Waals surface area contributed by atoms with Gasteiger partial charge in [0.05, 0.1) is 12.8 Å². The molecule has 0 spiro atoms. The summed E-state index contributed by atoms with van der Waals surface area (Å²) >= 11 is 0. The van der Waals surface area contributed by atoms with E-state index in [1.54, 1.807) is 17.0 Å².